The molecule has 4 N–H and O–H groups in total. The summed E-state index contributed by atoms with van der Waals surface area (Å²) in [6, 6.07) is 0. The molecule has 0 rings (SSSR count). The van der Waals surface area contributed by atoms with Crippen LogP contribution in [0.15, 0.2) is 0 Å². The van der Waals surface area contributed by atoms with E-state index in [-0.39, 0.29) is 31.0 Å². The van der Waals surface area contributed by atoms with Crippen LogP contribution in [0.3, 0.4) is 0 Å². The summed E-state index contributed by atoms with van der Waals surface area (Å²) in [5.74, 6) is 0. The van der Waals surface area contributed by atoms with Crippen molar-refractivity contribution in [2.75, 3.05) is 0 Å². The van der Waals surface area contributed by atoms with E-state index in [0.717, 1.165) is 0 Å². The van der Waals surface area contributed by atoms with Gasteiger partial charge < -0.3 is 11.0 Å². The topological polar surface area (TPSA) is 63.0 Å². The second-order valence-corrected chi connectivity index (χ2v) is 3.80. The molecule has 0 heterocycles. The van der Waals surface area contributed by atoms with E-state index in [4.69, 9.17) is 8.92 Å². The fourth-order valence-corrected chi connectivity index (χ4v) is 0. The van der Waals surface area contributed by atoms with E-state index in [9.17, 15) is 0 Å². The van der Waals surface area contributed by atoms with E-state index in [1.165, 1.54) is 0 Å². The molecule has 0 saturated carbocycles. The van der Waals surface area contributed by atoms with E-state index >= 15 is 0 Å². The third-order valence-corrected chi connectivity index (χ3v) is 0. The number of hydrogen-bond donors (Lipinski definition) is 0. The monoisotopic (exact) mass is 206 g/mol. The van der Waals surface area contributed by atoms with Crippen LogP contribution >= 0.6 is 8.92 Å². The van der Waals surface area contributed by atoms with Crippen LogP contribution < -0.4 is 0 Å². The second-order valence-electron chi connectivity index (χ2n) is 0.189. The predicted octanol–water partition coefficient (Wildman–Crippen LogP) is -0.757. The molecule has 0 fully saturated rings. The van der Waals surface area contributed by atoms with Crippen molar-refractivity contribution in [3.63, 3.8) is 0 Å². The first kappa shape index (κ1) is 16.7. The van der Waals surface area contributed by atoms with Crippen molar-refractivity contribution in [1.82, 2.24) is 0 Å². The molecule has 0 atom stereocenters. The third-order valence-electron chi connectivity index (χ3n) is 0. The van der Waals surface area contributed by atoms with Crippen LogP contribution in [-0.2, 0) is 0 Å². The summed E-state index contributed by atoms with van der Waals surface area (Å²) in [5, 5.41) is 0. The van der Waals surface area contributed by atoms with E-state index < -0.39 is 0 Å². The van der Waals surface area contributed by atoms with Crippen molar-refractivity contribution in [2.24, 2.45) is 0 Å². The quantitative estimate of drug-likeness (QED) is 0.467. The van der Waals surface area contributed by atoms with Gasteiger partial charge >= 0.3 is 33.9 Å². The van der Waals surface area contributed by atoms with Gasteiger partial charge in [0.05, 0.1) is 0 Å². The normalized spacial score (nSPS) is 3.60. The Morgan fingerprint density at radius 3 is 1.40 bits per heavy atom. The van der Waals surface area contributed by atoms with Crippen molar-refractivity contribution in [3.8, 4) is 0 Å². The van der Waals surface area contributed by atoms with E-state index in [1.807, 2.05) is 0 Å². The van der Waals surface area contributed by atoms with E-state index in [1.54, 1.807) is 0 Å². The minimum atomic E-state index is -0.298. The minimum absolute atomic E-state index is 0. The van der Waals surface area contributed by atoms with Crippen LogP contribution in [0.5, 0.6) is 0 Å². The molecule has 0 aromatic carbocycles. The zero-order chi connectivity index (χ0) is 2.71. The standard InChI is InChI=1S/CH3.ClH.2H2O.Sn/h1H3;1H;2*1H2;/q;;;;+1/p-1. The fourth-order valence-electron chi connectivity index (χ4n) is 0. The summed E-state index contributed by atoms with van der Waals surface area (Å²) in [5.41, 5.74) is 0. The maximum atomic E-state index is 5.17. The average Bonchev–Trinajstić information content (AvgIpc) is 0.918. The van der Waals surface area contributed by atoms with Gasteiger partial charge in [0, 0.05) is 0 Å². The molecule has 2 radical (unpaired) electrons. The van der Waals surface area contributed by atoms with Crippen LogP contribution in [0.2, 0.25) is 4.94 Å². The first-order chi connectivity index (χ1) is 1.41. The Hall–Kier alpha value is 1.01. The zero-order valence-corrected chi connectivity index (χ0v) is 6.49. The summed E-state index contributed by atoms with van der Waals surface area (Å²) in [4.78, 5) is 2.06. The molecule has 34 valence electrons. The SMILES string of the molecule is O.O.[CH3][Sn][Cl]. The Bertz CT molecular complexity index is 9.61. The predicted molar refractivity (Wildman–Crippen MR) is 24.7 cm³/mol. The van der Waals surface area contributed by atoms with Gasteiger partial charge in [-0.05, 0) is 0 Å². The van der Waals surface area contributed by atoms with Crippen molar-refractivity contribution < 1.29 is 11.0 Å². The second kappa shape index (κ2) is 19.9. The molecule has 2 nitrogen and oxygen atoms in total. The van der Waals surface area contributed by atoms with Gasteiger partial charge in [-0.1, -0.05) is 0 Å². The molecule has 0 unspecified atom stereocenters. The molecule has 4 heteroatoms. The Labute approximate surface area is 45.1 Å². The van der Waals surface area contributed by atoms with Gasteiger partial charge in [0.25, 0.3) is 0 Å². The van der Waals surface area contributed by atoms with Gasteiger partial charge in [0.15, 0.2) is 0 Å². The average molecular weight is 205 g/mol. The maximum absolute atomic E-state index is 5.17. The summed E-state index contributed by atoms with van der Waals surface area (Å²) < 4.78 is 0. The van der Waals surface area contributed by atoms with Crippen LogP contribution in [0.4, 0.5) is 0 Å². The Kier molecular flexibility index (Phi) is 66.4. The van der Waals surface area contributed by atoms with Gasteiger partial charge in [-0.15, -0.1) is 0 Å². The van der Waals surface area contributed by atoms with Crippen molar-refractivity contribution in [3.05, 3.63) is 0 Å². The Morgan fingerprint density at radius 2 is 1.40 bits per heavy atom. The fraction of sp³-hybridized carbons (Fsp3) is 1.00. The van der Waals surface area contributed by atoms with E-state index in [0.29, 0.717) is 0 Å². The summed E-state index contributed by atoms with van der Waals surface area (Å²) in [7, 11) is 5.17. The van der Waals surface area contributed by atoms with Crippen molar-refractivity contribution >= 4 is 28.9 Å². The van der Waals surface area contributed by atoms with Gasteiger partial charge in [-0.25, -0.2) is 0 Å². The van der Waals surface area contributed by atoms with Crippen LogP contribution in [0, 0.1) is 0 Å². The molecule has 0 aromatic rings. The number of hydrogen-bond acceptors (Lipinski definition) is 0. The van der Waals surface area contributed by atoms with Gasteiger partial charge in [0.2, 0.25) is 0 Å². The number of rotatable bonds is 0. The summed E-state index contributed by atoms with van der Waals surface area (Å²) in [6.45, 7) is 0. The van der Waals surface area contributed by atoms with Gasteiger partial charge in [-0.2, -0.15) is 0 Å². The molecule has 0 amide bonds. The van der Waals surface area contributed by atoms with Crippen molar-refractivity contribution in [2.45, 2.75) is 4.94 Å². The van der Waals surface area contributed by atoms with Crippen LogP contribution in [0.1, 0.15) is 0 Å². The summed E-state index contributed by atoms with van der Waals surface area (Å²) >= 11 is -0.298. The molecule has 0 aliphatic heterocycles. The summed E-state index contributed by atoms with van der Waals surface area (Å²) in [6.07, 6.45) is 0. The number of halogens is 1. The zero-order valence-electron chi connectivity index (χ0n) is 2.88. The molecule has 0 aliphatic rings. The van der Waals surface area contributed by atoms with Crippen LogP contribution in [-0.4, -0.2) is 31.0 Å². The Balaban J connectivity index is -0.0000000200. The van der Waals surface area contributed by atoms with Gasteiger partial charge in [0.1, 0.15) is 0 Å². The molecule has 0 aliphatic carbocycles. The molecule has 0 aromatic heterocycles. The third kappa shape index (κ3) is 44.6. The molecular weight excluding hydrogens is 198 g/mol. The van der Waals surface area contributed by atoms with Crippen molar-refractivity contribution in [1.29, 1.82) is 0 Å². The molecule has 5 heavy (non-hydrogen) atoms. The molecular formula is CH7ClO2Sn. The van der Waals surface area contributed by atoms with E-state index in [2.05, 4.69) is 4.94 Å². The molecule has 0 saturated heterocycles. The molecule has 0 bridgehead atoms. The first-order valence-electron chi connectivity index (χ1n) is 0.689. The van der Waals surface area contributed by atoms with Gasteiger partial charge in [-0.3, -0.25) is 0 Å². The Morgan fingerprint density at radius 1 is 1.40 bits per heavy atom. The molecule has 0 spiro atoms. The van der Waals surface area contributed by atoms with Crippen LogP contribution in [0.25, 0.3) is 0 Å². The first-order valence-corrected chi connectivity index (χ1v) is 7.16.